The van der Waals surface area contributed by atoms with E-state index >= 15 is 0 Å². The Bertz CT molecular complexity index is 542. The van der Waals surface area contributed by atoms with Crippen molar-refractivity contribution in [2.75, 3.05) is 45.9 Å². The standard InChI is InChI=1S/C18H27BrN4O/c1-2-20-18(21-13-15-3-5-16(19)6-4-15)23-8-7-17(14-23)22-9-11-24-12-10-22/h3-6,17H,2,7-14H2,1H3,(H,20,21). The average Bonchev–Trinajstić information content (AvgIpc) is 3.11. The molecule has 3 rings (SSSR count). The molecule has 0 bridgehead atoms. The third-order valence-corrected chi connectivity index (χ3v) is 5.21. The zero-order valence-corrected chi connectivity index (χ0v) is 16.0. The second-order valence-corrected chi connectivity index (χ2v) is 7.25. The molecule has 2 aliphatic rings. The van der Waals surface area contributed by atoms with Crippen molar-refractivity contribution in [3.63, 3.8) is 0 Å². The van der Waals surface area contributed by atoms with Crippen molar-refractivity contribution in [3.8, 4) is 0 Å². The van der Waals surface area contributed by atoms with Crippen molar-refractivity contribution < 1.29 is 4.74 Å². The molecule has 0 amide bonds. The molecule has 5 nitrogen and oxygen atoms in total. The molecule has 24 heavy (non-hydrogen) atoms. The number of hydrogen-bond donors (Lipinski definition) is 1. The van der Waals surface area contributed by atoms with E-state index < -0.39 is 0 Å². The van der Waals surface area contributed by atoms with Gasteiger partial charge in [-0.25, -0.2) is 4.99 Å². The molecule has 2 saturated heterocycles. The molecule has 0 aromatic heterocycles. The van der Waals surface area contributed by atoms with Crippen LogP contribution in [-0.4, -0.2) is 67.7 Å². The highest BCUT2D eigenvalue weighted by Crippen LogP contribution is 2.17. The summed E-state index contributed by atoms with van der Waals surface area (Å²) in [5, 5.41) is 3.45. The molecule has 1 unspecified atom stereocenters. The van der Waals surface area contributed by atoms with Crippen LogP contribution in [0.3, 0.4) is 0 Å². The number of aliphatic imine (C=N–C) groups is 1. The summed E-state index contributed by atoms with van der Waals surface area (Å²) in [6.07, 6.45) is 1.21. The summed E-state index contributed by atoms with van der Waals surface area (Å²) in [6.45, 7) is 9.75. The maximum Gasteiger partial charge on any atom is 0.194 e. The van der Waals surface area contributed by atoms with Gasteiger partial charge in [0.15, 0.2) is 5.96 Å². The van der Waals surface area contributed by atoms with Crippen LogP contribution < -0.4 is 5.32 Å². The molecule has 2 aliphatic heterocycles. The fourth-order valence-electron chi connectivity index (χ4n) is 3.36. The van der Waals surface area contributed by atoms with Gasteiger partial charge in [-0.1, -0.05) is 28.1 Å². The maximum absolute atomic E-state index is 5.47. The van der Waals surface area contributed by atoms with Gasteiger partial charge in [-0.3, -0.25) is 4.90 Å². The normalized spacial score (nSPS) is 22.8. The predicted octanol–water partition coefficient (Wildman–Crippen LogP) is 2.32. The van der Waals surface area contributed by atoms with Crippen LogP contribution in [0.1, 0.15) is 18.9 Å². The Morgan fingerprint density at radius 3 is 2.71 bits per heavy atom. The second kappa shape index (κ2) is 8.83. The van der Waals surface area contributed by atoms with E-state index in [1.807, 2.05) is 0 Å². The quantitative estimate of drug-likeness (QED) is 0.628. The lowest BCUT2D eigenvalue weighted by molar-refractivity contribution is 0.0195. The molecule has 2 heterocycles. The molecule has 0 spiro atoms. The molecule has 1 aromatic rings. The summed E-state index contributed by atoms with van der Waals surface area (Å²) in [4.78, 5) is 9.82. The number of halogens is 1. The molecule has 0 saturated carbocycles. The number of nitrogens with one attached hydrogen (secondary N) is 1. The van der Waals surface area contributed by atoms with Gasteiger partial charge in [-0.05, 0) is 31.0 Å². The molecule has 1 N–H and O–H groups in total. The highest BCUT2D eigenvalue weighted by Gasteiger charge is 2.30. The second-order valence-electron chi connectivity index (χ2n) is 6.33. The molecule has 1 aromatic carbocycles. The van der Waals surface area contributed by atoms with E-state index in [2.05, 4.69) is 62.2 Å². The van der Waals surface area contributed by atoms with Gasteiger partial charge in [-0.2, -0.15) is 0 Å². The van der Waals surface area contributed by atoms with Gasteiger partial charge in [0.1, 0.15) is 0 Å². The Hall–Kier alpha value is -1.11. The smallest absolute Gasteiger partial charge is 0.194 e. The number of ether oxygens (including phenoxy) is 1. The van der Waals surface area contributed by atoms with Crippen LogP contribution in [0, 0.1) is 0 Å². The Morgan fingerprint density at radius 1 is 1.25 bits per heavy atom. The van der Waals surface area contributed by atoms with Crippen LogP contribution in [0.15, 0.2) is 33.7 Å². The third kappa shape index (κ3) is 4.71. The summed E-state index contributed by atoms with van der Waals surface area (Å²) in [5.74, 6) is 1.04. The van der Waals surface area contributed by atoms with Crippen LogP contribution in [-0.2, 0) is 11.3 Å². The summed E-state index contributed by atoms with van der Waals surface area (Å²) in [7, 11) is 0. The van der Waals surface area contributed by atoms with Crippen molar-refractivity contribution in [3.05, 3.63) is 34.3 Å². The predicted molar refractivity (Wildman–Crippen MR) is 101 cm³/mol. The van der Waals surface area contributed by atoms with Crippen LogP contribution in [0.25, 0.3) is 0 Å². The van der Waals surface area contributed by atoms with Crippen LogP contribution in [0.4, 0.5) is 0 Å². The van der Waals surface area contributed by atoms with Gasteiger partial charge in [0, 0.05) is 43.2 Å². The van der Waals surface area contributed by atoms with Gasteiger partial charge in [0.2, 0.25) is 0 Å². The zero-order valence-electron chi connectivity index (χ0n) is 14.4. The van der Waals surface area contributed by atoms with Crippen molar-refractivity contribution in [2.24, 2.45) is 4.99 Å². The summed E-state index contributed by atoms with van der Waals surface area (Å²) in [6, 6.07) is 9.02. The lowest BCUT2D eigenvalue weighted by Gasteiger charge is -2.32. The van der Waals surface area contributed by atoms with Crippen molar-refractivity contribution in [1.82, 2.24) is 15.1 Å². The number of nitrogens with zero attached hydrogens (tertiary/aromatic N) is 3. The number of rotatable bonds is 4. The largest absolute Gasteiger partial charge is 0.379 e. The number of morpholine rings is 1. The van der Waals surface area contributed by atoms with Crippen molar-refractivity contribution >= 4 is 21.9 Å². The number of hydrogen-bond acceptors (Lipinski definition) is 3. The first kappa shape index (κ1) is 17.7. The van der Waals surface area contributed by atoms with Crippen LogP contribution >= 0.6 is 15.9 Å². The Kier molecular flexibility index (Phi) is 6.51. The first-order chi connectivity index (χ1) is 11.8. The SMILES string of the molecule is CCNC(=NCc1ccc(Br)cc1)N1CCC(N2CCOCC2)C1. The number of benzene rings is 1. The highest BCUT2D eigenvalue weighted by molar-refractivity contribution is 9.10. The van der Waals surface area contributed by atoms with Gasteiger partial charge < -0.3 is 15.0 Å². The Labute approximate surface area is 153 Å². The Balaban J connectivity index is 1.60. The van der Waals surface area contributed by atoms with E-state index in [0.717, 1.165) is 56.4 Å². The van der Waals surface area contributed by atoms with E-state index in [-0.39, 0.29) is 0 Å². The monoisotopic (exact) mass is 394 g/mol. The average molecular weight is 395 g/mol. The number of guanidine groups is 1. The van der Waals surface area contributed by atoms with E-state index in [1.165, 1.54) is 12.0 Å². The molecular formula is C18H27BrN4O. The molecule has 0 radical (unpaired) electrons. The zero-order chi connectivity index (χ0) is 16.8. The topological polar surface area (TPSA) is 40.1 Å². The van der Waals surface area contributed by atoms with E-state index in [9.17, 15) is 0 Å². The fraction of sp³-hybridized carbons (Fsp3) is 0.611. The summed E-state index contributed by atoms with van der Waals surface area (Å²) >= 11 is 3.48. The molecule has 6 heteroatoms. The minimum Gasteiger partial charge on any atom is -0.379 e. The lowest BCUT2D eigenvalue weighted by atomic mass is 10.2. The minimum absolute atomic E-state index is 0.630. The maximum atomic E-state index is 5.47. The molecule has 2 fully saturated rings. The summed E-state index contributed by atoms with van der Waals surface area (Å²) in [5.41, 5.74) is 1.23. The fourth-order valence-corrected chi connectivity index (χ4v) is 3.62. The van der Waals surface area contributed by atoms with E-state index in [4.69, 9.17) is 9.73 Å². The molecule has 1 atom stereocenters. The first-order valence-electron chi connectivity index (χ1n) is 8.85. The molecular weight excluding hydrogens is 368 g/mol. The molecule has 132 valence electrons. The van der Waals surface area contributed by atoms with Gasteiger partial charge in [-0.15, -0.1) is 0 Å². The van der Waals surface area contributed by atoms with Crippen molar-refractivity contribution in [2.45, 2.75) is 25.9 Å². The van der Waals surface area contributed by atoms with Crippen molar-refractivity contribution in [1.29, 1.82) is 0 Å². The van der Waals surface area contributed by atoms with Crippen LogP contribution in [0.5, 0.6) is 0 Å². The first-order valence-corrected chi connectivity index (χ1v) is 9.65. The van der Waals surface area contributed by atoms with E-state index in [1.54, 1.807) is 0 Å². The van der Waals surface area contributed by atoms with Gasteiger partial charge in [0.25, 0.3) is 0 Å². The third-order valence-electron chi connectivity index (χ3n) is 4.68. The minimum atomic E-state index is 0.630. The lowest BCUT2D eigenvalue weighted by Crippen LogP contribution is -2.46. The highest BCUT2D eigenvalue weighted by atomic mass is 79.9. The van der Waals surface area contributed by atoms with Crippen LogP contribution in [0.2, 0.25) is 0 Å². The van der Waals surface area contributed by atoms with Gasteiger partial charge >= 0.3 is 0 Å². The molecule has 0 aliphatic carbocycles. The Morgan fingerprint density at radius 2 is 2.00 bits per heavy atom. The summed E-state index contributed by atoms with van der Waals surface area (Å²) < 4.78 is 6.58. The van der Waals surface area contributed by atoms with Gasteiger partial charge in [0.05, 0.1) is 19.8 Å². The number of likely N-dealkylation sites (tertiary alicyclic amines) is 1. The van der Waals surface area contributed by atoms with E-state index in [0.29, 0.717) is 12.6 Å².